The molecule has 2 rings (SSSR count). The van der Waals surface area contributed by atoms with E-state index in [1.165, 1.54) is 0 Å². The average molecular weight is 211 g/mol. The van der Waals surface area contributed by atoms with Crippen LogP contribution in [0.3, 0.4) is 0 Å². The van der Waals surface area contributed by atoms with E-state index in [-0.39, 0.29) is 12.0 Å². The normalized spacial score (nSPS) is 22.8. The molecule has 0 radical (unpaired) electrons. The third-order valence-corrected chi connectivity index (χ3v) is 2.59. The largest absolute Gasteiger partial charge is 0.392 e. The first-order chi connectivity index (χ1) is 7.15. The highest BCUT2D eigenvalue weighted by molar-refractivity contribution is 4.91. The molecule has 0 saturated carbocycles. The Kier molecular flexibility index (Phi) is 3.02. The Morgan fingerprint density at radius 3 is 2.93 bits per heavy atom. The lowest BCUT2D eigenvalue weighted by molar-refractivity contribution is 0.173. The van der Waals surface area contributed by atoms with Crippen LogP contribution >= 0.6 is 0 Å². The van der Waals surface area contributed by atoms with E-state index in [1.807, 2.05) is 13.8 Å². The second-order valence-electron chi connectivity index (χ2n) is 4.38. The van der Waals surface area contributed by atoms with Gasteiger partial charge in [0.25, 0.3) is 0 Å². The SMILES string of the molecule is CC(C)c1nc(CN2CC[C@H](O)C2)no1. The Hall–Kier alpha value is -0.940. The standard InChI is InChI=1S/C10H17N3O2/c1-7(2)10-11-9(12-15-10)6-13-4-3-8(14)5-13/h7-8,14H,3-6H2,1-2H3/t8-/m0/s1. The summed E-state index contributed by atoms with van der Waals surface area (Å²) in [5.41, 5.74) is 0. The van der Waals surface area contributed by atoms with Gasteiger partial charge in [-0.15, -0.1) is 0 Å². The van der Waals surface area contributed by atoms with Crippen LogP contribution in [0.4, 0.5) is 0 Å². The van der Waals surface area contributed by atoms with Gasteiger partial charge in [0.1, 0.15) is 0 Å². The number of hydrogen-bond donors (Lipinski definition) is 1. The van der Waals surface area contributed by atoms with Crippen molar-refractivity contribution < 1.29 is 9.63 Å². The molecule has 5 nitrogen and oxygen atoms in total. The smallest absolute Gasteiger partial charge is 0.229 e. The van der Waals surface area contributed by atoms with Crippen molar-refractivity contribution >= 4 is 0 Å². The van der Waals surface area contributed by atoms with Crippen molar-refractivity contribution in [2.24, 2.45) is 0 Å². The van der Waals surface area contributed by atoms with Gasteiger partial charge < -0.3 is 9.63 Å². The summed E-state index contributed by atoms with van der Waals surface area (Å²) >= 11 is 0. The van der Waals surface area contributed by atoms with E-state index >= 15 is 0 Å². The molecule has 1 fully saturated rings. The van der Waals surface area contributed by atoms with Crippen LogP contribution in [0.5, 0.6) is 0 Å². The van der Waals surface area contributed by atoms with Crippen LogP contribution in [-0.2, 0) is 6.54 Å². The maximum absolute atomic E-state index is 9.37. The highest BCUT2D eigenvalue weighted by atomic mass is 16.5. The zero-order chi connectivity index (χ0) is 10.8. The van der Waals surface area contributed by atoms with Crippen LogP contribution in [0.15, 0.2) is 4.52 Å². The molecule has 1 aliphatic rings. The summed E-state index contributed by atoms with van der Waals surface area (Å²) in [4.78, 5) is 6.44. The van der Waals surface area contributed by atoms with Crippen molar-refractivity contribution in [2.45, 2.75) is 38.8 Å². The Morgan fingerprint density at radius 2 is 2.40 bits per heavy atom. The molecule has 1 atom stereocenters. The predicted octanol–water partition coefficient (Wildman–Crippen LogP) is 0.760. The van der Waals surface area contributed by atoms with Crippen molar-refractivity contribution in [3.05, 3.63) is 11.7 Å². The molecule has 1 saturated heterocycles. The molecule has 1 aromatic rings. The molecule has 0 bridgehead atoms. The van der Waals surface area contributed by atoms with Gasteiger partial charge in [-0.2, -0.15) is 4.98 Å². The monoisotopic (exact) mass is 211 g/mol. The van der Waals surface area contributed by atoms with E-state index in [1.54, 1.807) is 0 Å². The first-order valence-corrected chi connectivity index (χ1v) is 5.38. The van der Waals surface area contributed by atoms with Crippen LogP contribution in [0.25, 0.3) is 0 Å². The van der Waals surface area contributed by atoms with Gasteiger partial charge in [-0.3, -0.25) is 4.90 Å². The molecule has 15 heavy (non-hydrogen) atoms. The van der Waals surface area contributed by atoms with E-state index in [4.69, 9.17) is 4.52 Å². The maximum Gasteiger partial charge on any atom is 0.229 e. The lowest BCUT2D eigenvalue weighted by atomic mass is 10.2. The lowest BCUT2D eigenvalue weighted by Gasteiger charge is -2.10. The Morgan fingerprint density at radius 1 is 1.60 bits per heavy atom. The lowest BCUT2D eigenvalue weighted by Crippen LogP contribution is -2.22. The molecule has 0 amide bonds. The highest BCUT2D eigenvalue weighted by Gasteiger charge is 2.22. The van der Waals surface area contributed by atoms with Gasteiger partial charge in [0.2, 0.25) is 5.89 Å². The van der Waals surface area contributed by atoms with Gasteiger partial charge >= 0.3 is 0 Å². The van der Waals surface area contributed by atoms with E-state index in [0.29, 0.717) is 24.8 Å². The molecule has 0 unspecified atom stereocenters. The Balaban J connectivity index is 1.93. The molecular formula is C10H17N3O2. The summed E-state index contributed by atoms with van der Waals surface area (Å²) < 4.78 is 5.11. The van der Waals surface area contributed by atoms with Gasteiger partial charge in [0, 0.05) is 19.0 Å². The van der Waals surface area contributed by atoms with Gasteiger partial charge in [0.15, 0.2) is 5.82 Å². The zero-order valence-electron chi connectivity index (χ0n) is 9.18. The van der Waals surface area contributed by atoms with Gasteiger partial charge in [-0.1, -0.05) is 19.0 Å². The van der Waals surface area contributed by atoms with Crippen LogP contribution in [0.1, 0.15) is 37.9 Å². The highest BCUT2D eigenvalue weighted by Crippen LogP contribution is 2.14. The first-order valence-electron chi connectivity index (χ1n) is 5.38. The quantitative estimate of drug-likeness (QED) is 0.799. The number of hydrogen-bond acceptors (Lipinski definition) is 5. The molecular weight excluding hydrogens is 194 g/mol. The Labute approximate surface area is 89.1 Å². The van der Waals surface area contributed by atoms with Crippen LogP contribution in [-0.4, -0.2) is 39.3 Å². The van der Waals surface area contributed by atoms with Gasteiger partial charge in [-0.05, 0) is 6.42 Å². The molecule has 1 aromatic heterocycles. The minimum absolute atomic E-state index is 0.193. The van der Waals surface area contributed by atoms with E-state index in [9.17, 15) is 5.11 Å². The second-order valence-corrected chi connectivity index (χ2v) is 4.38. The van der Waals surface area contributed by atoms with Gasteiger partial charge in [-0.25, -0.2) is 0 Å². The van der Waals surface area contributed by atoms with Crippen LogP contribution in [0, 0.1) is 0 Å². The minimum Gasteiger partial charge on any atom is -0.392 e. The fourth-order valence-electron chi connectivity index (χ4n) is 1.72. The number of aliphatic hydroxyl groups is 1. The van der Waals surface area contributed by atoms with E-state index < -0.39 is 0 Å². The van der Waals surface area contributed by atoms with Crippen molar-refractivity contribution in [1.29, 1.82) is 0 Å². The van der Waals surface area contributed by atoms with Crippen molar-refractivity contribution in [2.75, 3.05) is 13.1 Å². The number of aliphatic hydroxyl groups excluding tert-OH is 1. The van der Waals surface area contributed by atoms with Gasteiger partial charge in [0.05, 0.1) is 12.6 Å². The molecule has 84 valence electrons. The minimum atomic E-state index is -0.193. The second kappa shape index (κ2) is 4.28. The van der Waals surface area contributed by atoms with Crippen molar-refractivity contribution in [3.8, 4) is 0 Å². The summed E-state index contributed by atoms with van der Waals surface area (Å²) in [5, 5.41) is 13.3. The number of rotatable bonds is 3. The zero-order valence-corrected chi connectivity index (χ0v) is 9.18. The molecule has 1 aliphatic heterocycles. The van der Waals surface area contributed by atoms with Crippen molar-refractivity contribution in [1.82, 2.24) is 15.0 Å². The van der Waals surface area contributed by atoms with Crippen LogP contribution in [0.2, 0.25) is 0 Å². The molecule has 2 heterocycles. The fraction of sp³-hybridized carbons (Fsp3) is 0.800. The molecule has 1 N–H and O–H groups in total. The third-order valence-electron chi connectivity index (χ3n) is 2.59. The molecule has 0 spiro atoms. The maximum atomic E-state index is 9.37. The van der Waals surface area contributed by atoms with E-state index in [2.05, 4.69) is 15.0 Å². The molecule has 5 heteroatoms. The molecule has 0 aromatic carbocycles. The average Bonchev–Trinajstić information content (AvgIpc) is 2.76. The number of β-amino-alcohol motifs (C(OH)–C–C–N with tert-alkyl or cyclic N) is 1. The van der Waals surface area contributed by atoms with Crippen LogP contribution < -0.4 is 0 Å². The fourth-order valence-corrected chi connectivity index (χ4v) is 1.72. The summed E-state index contributed by atoms with van der Waals surface area (Å²) in [7, 11) is 0. The predicted molar refractivity (Wildman–Crippen MR) is 54.3 cm³/mol. The van der Waals surface area contributed by atoms with Crippen molar-refractivity contribution in [3.63, 3.8) is 0 Å². The molecule has 0 aliphatic carbocycles. The number of aromatic nitrogens is 2. The topological polar surface area (TPSA) is 62.4 Å². The third kappa shape index (κ3) is 2.54. The van der Waals surface area contributed by atoms with E-state index in [0.717, 1.165) is 13.0 Å². The first kappa shape index (κ1) is 10.6. The summed E-state index contributed by atoms with van der Waals surface area (Å²) in [5.74, 6) is 1.67. The Bertz CT molecular complexity index is 324. The summed E-state index contributed by atoms with van der Waals surface area (Å²) in [6.07, 6.45) is 0.649. The summed E-state index contributed by atoms with van der Waals surface area (Å²) in [6.45, 7) is 6.35. The summed E-state index contributed by atoms with van der Waals surface area (Å²) in [6, 6.07) is 0. The number of nitrogens with zero attached hydrogens (tertiary/aromatic N) is 3. The number of likely N-dealkylation sites (tertiary alicyclic amines) is 1.